The van der Waals surface area contributed by atoms with E-state index in [4.69, 9.17) is 0 Å². The molecule has 0 aliphatic carbocycles. The number of hydrogen-bond acceptors (Lipinski definition) is 6. The maximum Gasteiger partial charge on any atom is 0.173 e. The molecule has 148 valence electrons. The van der Waals surface area contributed by atoms with Crippen LogP contribution in [0, 0.1) is 11.3 Å². The van der Waals surface area contributed by atoms with Gasteiger partial charge in [-0.2, -0.15) is 5.26 Å². The molecule has 3 aromatic rings. The lowest BCUT2D eigenvalue weighted by Crippen LogP contribution is -2.48. The third-order valence-electron chi connectivity index (χ3n) is 5.53. The lowest BCUT2D eigenvalue weighted by atomic mass is 10.0. The van der Waals surface area contributed by atoms with Gasteiger partial charge in [0.25, 0.3) is 0 Å². The standard InChI is InChI=1S/C22H25N7/c1-2-27-11-13-28(14-12-27)21(20-10-6-9-19(15-20)16-23)22-24-25-26-29(22)17-18-7-4-3-5-8-18/h3-10,15,21H,2,11-14,17H2,1H3. The molecule has 0 radical (unpaired) electrons. The van der Waals surface area contributed by atoms with E-state index in [-0.39, 0.29) is 6.04 Å². The van der Waals surface area contributed by atoms with E-state index in [1.165, 1.54) is 0 Å². The van der Waals surface area contributed by atoms with Crippen LogP contribution in [0.2, 0.25) is 0 Å². The first-order valence-electron chi connectivity index (χ1n) is 10.0. The van der Waals surface area contributed by atoms with Crippen LogP contribution in [0.3, 0.4) is 0 Å². The van der Waals surface area contributed by atoms with E-state index in [2.05, 4.69) is 56.5 Å². The van der Waals surface area contributed by atoms with Gasteiger partial charge in [-0.3, -0.25) is 4.90 Å². The fourth-order valence-corrected chi connectivity index (χ4v) is 3.92. The number of aromatic nitrogens is 4. The molecule has 0 amide bonds. The number of nitriles is 1. The van der Waals surface area contributed by atoms with Gasteiger partial charge in [-0.05, 0) is 40.2 Å². The number of tetrazole rings is 1. The minimum Gasteiger partial charge on any atom is -0.301 e. The van der Waals surface area contributed by atoms with Gasteiger partial charge in [0.1, 0.15) is 0 Å². The average Bonchev–Trinajstić information content (AvgIpc) is 3.23. The molecule has 1 unspecified atom stereocenters. The van der Waals surface area contributed by atoms with Crippen molar-refractivity contribution in [1.29, 1.82) is 5.26 Å². The third kappa shape index (κ3) is 4.34. The Hall–Kier alpha value is -3.08. The van der Waals surface area contributed by atoms with E-state index in [1.54, 1.807) is 0 Å². The topological polar surface area (TPSA) is 73.9 Å². The Morgan fingerprint density at radius 2 is 1.83 bits per heavy atom. The summed E-state index contributed by atoms with van der Waals surface area (Å²) in [6, 6.07) is 20.2. The highest BCUT2D eigenvalue weighted by molar-refractivity contribution is 5.36. The average molecular weight is 387 g/mol. The summed E-state index contributed by atoms with van der Waals surface area (Å²) in [5.74, 6) is 0.814. The maximum absolute atomic E-state index is 9.39. The van der Waals surface area contributed by atoms with E-state index >= 15 is 0 Å². The molecule has 7 nitrogen and oxygen atoms in total. The summed E-state index contributed by atoms with van der Waals surface area (Å²) in [5, 5.41) is 22.1. The largest absolute Gasteiger partial charge is 0.301 e. The summed E-state index contributed by atoms with van der Waals surface area (Å²) in [5.41, 5.74) is 2.86. The number of benzene rings is 2. The fraction of sp³-hybridized carbons (Fsp3) is 0.364. The zero-order chi connectivity index (χ0) is 20.1. The second-order valence-electron chi connectivity index (χ2n) is 7.29. The van der Waals surface area contributed by atoms with Gasteiger partial charge in [-0.15, -0.1) is 5.10 Å². The first-order chi connectivity index (χ1) is 14.3. The summed E-state index contributed by atoms with van der Waals surface area (Å²) in [4.78, 5) is 4.88. The number of rotatable bonds is 6. The van der Waals surface area contributed by atoms with Gasteiger partial charge >= 0.3 is 0 Å². The lowest BCUT2D eigenvalue weighted by molar-refractivity contribution is 0.108. The summed E-state index contributed by atoms with van der Waals surface area (Å²) >= 11 is 0. The molecule has 4 rings (SSSR count). The maximum atomic E-state index is 9.39. The van der Waals surface area contributed by atoms with Gasteiger partial charge < -0.3 is 4.90 Å². The van der Waals surface area contributed by atoms with Gasteiger partial charge in [0.2, 0.25) is 0 Å². The molecule has 1 aliphatic rings. The smallest absolute Gasteiger partial charge is 0.173 e. The molecule has 2 heterocycles. The van der Waals surface area contributed by atoms with Crippen LogP contribution in [0.15, 0.2) is 54.6 Å². The van der Waals surface area contributed by atoms with Crippen molar-refractivity contribution < 1.29 is 0 Å². The van der Waals surface area contributed by atoms with E-state index in [0.29, 0.717) is 12.1 Å². The second kappa shape index (κ2) is 8.95. The molecule has 7 heteroatoms. The van der Waals surface area contributed by atoms with Crippen molar-refractivity contribution >= 4 is 0 Å². The van der Waals surface area contributed by atoms with Gasteiger partial charge in [0, 0.05) is 26.2 Å². The van der Waals surface area contributed by atoms with Crippen molar-refractivity contribution in [2.45, 2.75) is 19.5 Å². The zero-order valence-electron chi connectivity index (χ0n) is 16.6. The predicted molar refractivity (Wildman–Crippen MR) is 110 cm³/mol. The predicted octanol–water partition coefficient (Wildman–Crippen LogP) is 2.32. The second-order valence-corrected chi connectivity index (χ2v) is 7.29. The van der Waals surface area contributed by atoms with Crippen LogP contribution in [0.4, 0.5) is 0 Å². The summed E-state index contributed by atoms with van der Waals surface area (Å²) in [7, 11) is 0. The van der Waals surface area contributed by atoms with Crippen molar-refractivity contribution in [3.8, 4) is 6.07 Å². The molecular weight excluding hydrogens is 362 g/mol. The normalized spacial score (nSPS) is 16.4. The summed E-state index contributed by atoms with van der Waals surface area (Å²) in [6.07, 6.45) is 0. The molecule has 0 spiro atoms. The monoisotopic (exact) mass is 387 g/mol. The van der Waals surface area contributed by atoms with Crippen LogP contribution in [0.1, 0.15) is 35.5 Å². The van der Waals surface area contributed by atoms with Crippen LogP contribution >= 0.6 is 0 Å². The first-order valence-corrected chi connectivity index (χ1v) is 10.0. The Morgan fingerprint density at radius 1 is 1.03 bits per heavy atom. The van der Waals surface area contributed by atoms with Crippen molar-refractivity contribution in [3.63, 3.8) is 0 Å². The van der Waals surface area contributed by atoms with Gasteiger partial charge in [-0.25, -0.2) is 4.68 Å². The molecule has 0 bridgehead atoms. The number of hydrogen-bond donors (Lipinski definition) is 0. The Morgan fingerprint density at radius 3 is 2.55 bits per heavy atom. The molecule has 2 aromatic carbocycles. The van der Waals surface area contributed by atoms with E-state index in [9.17, 15) is 5.26 Å². The first kappa shape index (κ1) is 19.2. The van der Waals surface area contributed by atoms with Crippen molar-refractivity contribution in [1.82, 2.24) is 30.0 Å². The van der Waals surface area contributed by atoms with Crippen LogP contribution in [0.25, 0.3) is 0 Å². The van der Waals surface area contributed by atoms with Gasteiger partial charge in [0.15, 0.2) is 5.82 Å². The molecule has 29 heavy (non-hydrogen) atoms. The SMILES string of the molecule is CCN1CCN(C(c2cccc(C#N)c2)c2nnnn2Cc2ccccc2)CC1. The highest BCUT2D eigenvalue weighted by atomic mass is 15.6. The third-order valence-corrected chi connectivity index (χ3v) is 5.53. The molecule has 1 saturated heterocycles. The molecule has 1 fully saturated rings. The van der Waals surface area contributed by atoms with Crippen LogP contribution in [-0.4, -0.2) is 62.7 Å². The van der Waals surface area contributed by atoms with Crippen molar-refractivity contribution in [3.05, 3.63) is 77.1 Å². The quantitative estimate of drug-likeness (QED) is 0.646. The molecule has 0 saturated carbocycles. The summed E-state index contributed by atoms with van der Waals surface area (Å²) < 4.78 is 1.88. The fourth-order valence-electron chi connectivity index (χ4n) is 3.92. The van der Waals surface area contributed by atoms with Crippen molar-refractivity contribution in [2.24, 2.45) is 0 Å². The van der Waals surface area contributed by atoms with E-state index in [0.717, 1.165) is 49.7 Å². The van der Waals surface area contributed by atoms with Crippen LogP contribution < -0.4 is 0 Å². The minimum absolute atomic E-state index is 0.0824. The van der Waals surface area contributed by atoms with Gasteiger partial charge in [0.05, 0.1) is 24.2 Å². The molecule has 1 aliphatic heterocycles. The number of likely N-dealkylation sites (N-methyl/N-ethyl adjacent to an activating group) is 1. The zero-order valence-corrected chi connectivity index (χ0v) is 16.6. The Kier molecular flexibility index (Phi) is 5.94. The van der Waals surface area contributed by atoms with Gasteiger partial charge in [-0.1, -0.05) is 49.4 Å². The van der Waals surface area contributed by atoms with E-state index in [1.807, 2.05) is 41.1 Å². The lowest BCUT2D eigenvalue weighted by Gasteiger charge is -2.38. The van der Waals surface area contributed by atoms with Crippen LogP contribution in [-0.2, 0) is 6.54 Å². The van der Waals surface area contributed by atoms with E-state index < -0.39 is 0 Å². The number of piperazine rings is 1. The Labute approximate surface area is 171 Å². The van der Waals surface area contributed by atoms with Crippen LogP contribution in [0.5, 0.6) is 0 Å². The Balaban J connectivity index is 1.69. The molecular formula is C22H25N7. The highest BCUT2D eigenvalue weighted by Crippen LogP contribution is 2.29. The summed E-state index contributed by atoms with van der Waals surface area (Å²) in [6.45, 7) is 7.79. The molecule has 1 aromatic heterocycles. The molecule has 1 atom stereocenters. The Bertz CT molecular complexity index is 968. The minimum atomic E-state index is -0.0824. The molecule has 0 N–H and O–H groups in total. The van der Waals surface area contributed by atoms with Crippen molar-refractivity contribution in [2.75, 3.05) is 32.7 Å². The highest BCUT2D eigenvalue weighted by Gasteiger charge is 2.30. The number of nitrogens with zero attached hydrogens (tertiary/aromatic N) is 7.